The van der Waals surface area contributed by atoms with Crippen LogP contribution in [-0.2, 0) is 4.74 Å². The summed E-state index contributed by atoms with van der Waals surface area (Å²) >= 11 is 0. The van der Waals surface area contributed by atoms with Gasteiger partial charge in [-0.1, -0.05) is 25.1 Å². The lowest BCUT2D eigenvalue weighted by Gasteiger charge is -2.43. The number of benzene rings is 1. The summed E-state index contributed by atoms with van der Waals surface area (Å²) in [6.07, 6.45) is 3.29. The van der Waals surface area contributed by atoms with Crippen molar-refractivity contribution < 1.29 is 13.9 Å². The number of hydrogen-bond acceptors (Lipinski definition) is 3. The van der Waals surface area contributed by atoms with Crippen molar-refractivity contribution in [3.05, 3.63) is 35.6 Å². The van der Waals surface area contributed by atoms with Crippen molar-refractivity contribution in [2.24, 2.45) is 0 Å². The molecule has 2 rings (SSSR count). The fourth-order valence-corrected chi connectivity index (χ4v) is 3.02. The first-order valence-corrected chi connectivity index (χ1v) is 8.74. The maximum Gasteiger partial charge on any atom is 0.408 e. The minimum absolute atomic E-state index is 0.0656. The number of hydrogen-bond donors (Lipinski definition) is 2. The number of rotatable bonds is 6. The normalized spacial score (nSPS) is 17.7. The van der Waals surface area contributed by atoms with Gasteiger partial charge in [0, 0.05) is 18.2 Å². The maximum absolute atomic E-state index is 14.0. The van der Waals surface area contributed by atoms with Crippen molar-refractivity contribution in [1.29, 1.82) is 0 Å². The highest BCUT2D eigenvalue weighted by Crippen LogP contribution is 2.32. The predicted molar refractivity (Wildman–Crippen MR) is 93.4 cm³/mol. The van der Waals surface area contributed by atoms with Gasteiger partial charge in [0.2, 0.25) is 0 Å². The molecule has 5 heteroatoms. The molecule has 134 valence electrons. The van der Waals surface area contributed by atoms with Gasteiger partial charge in [-0.2, -0.15) is 0 Å². The van der Waals surface area contributed by atoms with Crippen molar-refractivity contribution in [3.63, 3.8) is 0 Å². The molecule has 0 spiro atoms. The number of alkyl carbamates (subject to hydrolysis) is 1. The molecule has 1 amide bonds. The van der Waals surface area contributed by atoms with E-state index in [0.717, 1.165) is 25.7 Å². The van der Waals surface area contributed by atoms with E-state index in [-0.39, 0.29) is 23.5 Å². The molecule has 24 heavy (non-hydrogen) atoms. The molecule has 4 nitrogen and oxygen atoms in total. The van der Waals surface area contributed by atoms with E-state index >= 15 is 0 Å². The Kier molecular flexibility index (Phi) is 5.86. The van der Waals surface area contributed by atoms with Gasteiger partial charge in [-0.3, -0.25) is 0 Å². The third-order valence-electron chi connectivity index (χ3n) is 4.45. The zero-order chi connectivity index (χ0) is 17.8. The van der Waals surface area contributed by atoms with Crippen LogP contribution < -0.4 is 10.6 Å². The Labute approximate surface area is 144 Å². The lowest BCUT2D eigenvalue weighted by Crippen LogP contribution is -2.60. The van der Waals surface area contributed by atoms with Crippen LogP contribution in [0.2, 0.25) is 0 Å². The Bertz CT molecular complexity index is 565. The van der Waals surface area contributed by atoms with Crippen molar-refractivity contribution in [2.75, 3.05) is 6.54 Å². The fraction of sp³-hybridized carbons (Fsp3) is 0.632. The zero-order valence-electron chi connectivity index (χ0n) is 15.1. The fourth-order valence-electron chi connectivity index (χ4n) is 3.02. The van der Waals surface area contributed by atoms with Gasteiger partial charge in [0.05, 0.1) is 5.54 Å². The van der Waals surface area contributed by atoms with Gasteiger partial charge < -0.3 is 15.4 Å². The first kappa shape index (κ1) is 18.7. The minimum Gasteiger partial charge on any atom is -0.444 e. The summed E-state index contributed by atoms with van der Waals surface area (Å²) in [5.41, 5.74) is -0.130. The van der Waals surface area contributed by atoms with E-state index in [1.54, 1.807) is 6.07 Å². The molecule has 1 aromatic carbocycles. The molecule has 0 radical (unpaired) electrons. The number of carbonyl (C=O) groups excluding carboxylic acids is 1. The van der Waals surface area contributed by atoms with E-state index in [2.05, 4.69) is 10.6 Å². The quantitative estimate of drug-likeness (QED) is 0.814. The molecule has 0 aliphatic heterocycles. The SMILES string of the molecule is CCC(NCC1(NC(=O)OC(C)(C)C)CCC1)c1ccccc1F. The summed E-state index contributed by atoms with van der Waals surface area (Å²) in [5.74, 6) is -0.195. The van der Waals surface area contributed by atoms with Gasteiger partial charge in [-0.25, -0.2) is 9.18 Å². The third-order valence-corrected chi connectivity index (χ3v) is 4.45. The molecule has 2 N–H and O–H groups in total. The van der Waals surface area contributed by atoms with Gasteiger partial charge >= 0.3 is 6.09 Å². The van der Waals surface area contributed by atoms with E-state index in [1.807, 2.05) is 39.8 Å². The number of amides is 1. The van der Waals surface area contributed by atoms with E-state index in [1.165, 1.54) is 6.07 Å². The Balaban J connectivity index is 1.97. The lowest BCUT2D eigenvalue weighted by atomic mass is 9.76. The lowest BCUT2D eigenvalue weighted by molar-refractivity contribution is 0.0378. The Morgan fingerprint density at radius 1 is 1.33 bits per heavy atom. The van der Waals surface area contributed by atoms with Crippen LogP contribution in [0.25, 0.3) is 0 Å². The smallest absolute Gasteiger partial charge is 0.408 e. The summed E-state index contributed by atoms with van der Waals surface area (Å²) in [6.45, 7) is 8.19. The monoisotopic (exact) mass is 336 g/mol. The molecule has 0 saturated heterocycles. The molecule has 1 aromatic rings. The maximum atomic E-state index is 14.0. The molecule has 1 aliphatic rings. The predicted octanol–water partition coefficient (Wildman–Crippen LogP) is 4.31. The average Bonchev–Trinajstić information content (AvgIpc) is 2.44. The summed E-state index contributed by atoms with van der Waals surface area (Å²) in [6, 6.07) is 6.77. The van der Waals surface area contributed by atoms with Crippen LogP contribution in [0.3, 0.4) is 0 Å². The average molecular weight is 336 g/mol. The molecule has 1 unspecified atom stereocenters. The second-order valence-electron chi connectivity index (χ2n) is 7.62. The first-order valence-electron chi connectivity index (χ1n) is 8.74. The van der Waals surface area contributed by atoms with Crippen LogP contribution in [0, 0.1) is 5.82 Å². The summed E-state index contributed by atoms with van der Waals surface area (Å²) in [4.78, 5) is 12.1. The molecule has 0 aromatic heterocycles. The van der Waals surface area contributed by atoms with E-state index in [0.29, 0.717) is 12.1 Å². The van der Waals surface area contributed by atoms with Gasteiger partial charge in [0.15, 0.2) is 0 Å². The molecule has 1 atom stereocenters. The van der Waals surface area contributed by atoms with Crippen LogP contribution >= 0.6 is 0 Å². The van der Waals surface area contributed by atoms with E-state index in [9.17, 15) is 9.18 Å². The minimum atomic E-state index is -0.512. The van der Waals surface area contributed by atoms with Gasteiger partial charge in [0.25, 0.3) is 0 Å². The standard InChI is InChI=1S/C19H29FN2O2/c1-5-16(14-9-6-7-10-15(14)20)21-13-19(11-8-12-19)22-17(23)24-18(2,3)4/h6-7,9-10,16,21H,5,8,11-13H2,1-4H3,(H,22,23). The Hall–Kier alpha value is -1.62. The van der Waals surface area contributed by atoms with Crippen LogP contribution in [0.4, 0.5) is 9.18 Å². The molecule has 1 aliphatic carbocycles. The second kappa shape index (κ2) is 7.51. The first-order chi connectivity index (χ1) is 11.2. The Morgan fingerprint density at radius 2 is 2.00 bits per heavy atom. The molecular formula is C19H29FN2O2. The topological polar surface area (TPSA) is 50.4 Å². The van der Waals surface area contributed by atoms with Crippen molar-refractivity contribution in [2.45, 2.75) is 70.6 Å². The van der Waals surface area contributed by atoms with Crippen LogP contribution in [-0.4, -0.2) is 23.8 Å². The van der Waals surface area contributed by atoms with Crippen molar-refractivity contribution in [3.8, 4) is 0 Å². The second-order valence-corrected chi connectivity index (χ2v) is 7.62. The van der Waals surface area contributed by atoms with Crippen LogP contribution in [0.1, 0.15) is 65.0 Å². The van der Waals surface area contributed by atoms with E-state index in [4.69, 9.17) is 4.74 Å². The Morgan fingerprint density at radius 3 is 2.50 bits per heavy atom. The number of halogens is 1. The highest BCUT2D eigenvalue weighted by molar-refractivity contribution is 5.69. The molecule has 1 saturated carbocycles. The molecule has 1 fully saturated rings. The van der Waals surface area contributed by atoms with Crippen molar-refractivity contribution >= 4 is 6.09 Å². The zero-order valence-corrected chi connectivity index (χ0v) is 15.1. The molecule has 0 bridgehead atoms. The van der Waals surface area contributed by atoms with Crippen LogP contribution in [0.5, 0.6) is 0 Å². The number of ether oxygens (including phenoxy) is 1. The van der Waals surface area contributed by atoms with E-state index < -0.39 is 5.60 Å². The van der Waals surface area contributed by atoms with Crippen LogP contribution in [0.15, 0.2) is 24.3 Å². The molecular weight excluding hydrogens is 307 g/mol. The largest absolute Gasteiger partial charge is 0.444 e. The summed E-state index contributed by atoms with van der Waals surface area (Å²) < 4.78 is 19.4. The summed E-state index contributed by atoms with van der Waals surface area (Å²) in [5, 5.41) is 6.44. The van der Waals surface area contributed by atoms with Gasteiger partial charge in [0.1, 0.15) is 11.4 Å². The number of carbonyl (C=O) groups is 1. The highest BCUT2D eigenvalue weighted by atomic mass is 19.1. The van der Waals surface area contributed by atoms with Gasteiger partial charge in [-0.05, 0) is 52.5 Å². The molecule has 0 heterocycles. The van der Waals surface area contributed by atoms with Gasteiger partial charge in [-0.15, -0.1) is 0 Å². The summed E-state index contributed by atoms with van der Waals surface area (Å²) in [7, 11) is 0. The van der Waals surface area contributed by atoms with Crippen molar-refractivity contribution in [1.82, 2.24) is 10.6 Å². The number of nitrogens with one attached hydrogen (secondary N) is 2. The third kappa shape index (κ3) is 4.94. The highest BCUT2D eigenvalue weighted by Gasteiger charge is 2.39.